The number of aromatic nitrogens is 2. The molecule has 0 saturated carbocycles. The van der Waals surface area contributed by atoms with Gasteiger partial charge in [0.05, 0.1) is 23.9 Å². The first-order valence-corrected chi connectivity index (χ1v) is 9.58. The quantitative estimate of drug-likeness (QED) is 0.709. The normalized spacial score (nSPS) is 11.0. The molecular weight excluding hydrogens is 380 g/mol. The average Bonchev–Trinajstić information content (AvgIpc) is 3.13. The smallest absolute Gasteiger partial charge is 0.407 e. The number of nitrogens with zero attached hydrogens (tertiary/aromatic N) is 4. The summed E-state index contributed by atoms with van der Waals surface area (Å²) < 4.78 is 27.4. The Morgan fingerprint density at radius 1 is 1.29 bits per heavy atom. The molecule has 0 bridgehead atoms. The summed E-state index contributed by atoms with van der Waals surface area (Å²) in [7, 11) is -2.55. The van der Waals surface area contributed by atoms with Crippen LogP contribution in [-0.4, -0.2) is 40.5 Å². The Morgan fingerprint density at radius 3 is 2.57 bits per heavy atom. The van der Waals surface area contributed by atoms with Gasteiger partial charge in [-0.15, -0.1) is 0 Å². The average molecular weight is 396 g/mol. The van der Waals surface area contributed by atoms with E-state index in [2.05, 4.69) is 4.98 Å². The lowest BCUT2D eigenvalue weighted by molar-refractivity contribution is 0.154. The molecule has 0 fully saturated rings. The van der Waals surface area contributed by atoms with Crippen molar-refractivity contribution in [3.05, 3.63) is 72.2 Å². The van der Waals surface area contributed by atoms with Gasteiger partial charge in [0, 0.05) is 25.6 Å². The Bertz CT molecular complexity index is 1150. The fraction of sp³-hybridized carbons (Fsp3) is 0.105. The number of carboxylic acid groups (broad SMARTS) is 1. The van der Waals surface area contributed by atoms with E-state index in [0.29, 0.717) is 22.4 Å². The number of hydrogen-bond acceptors (Lipinski definition) is 5. The maximum atomic E-state index is 13.1. The van der Waals surface area contributed by atoms with Crippen LogP contribution in [0, 0.1) is 11.3 Å². The third-order valence-corrected chi connectivity index (χ3v) is 5.75. The maximum absolute atomic E-state index is 13.1. The van der Waals surface area contributed by atoms with Crippen molar-refractivity contribution >= 4 is 16.1 Å². The van der Waals surface area contributed by atoms with E-state index in [9.17, 15) is 13.2 Å². The summed E-state index contributed by atoms with van der Waals surface area (Å²) in [6, 6.07) is 13.1. The number of hydrogen-bond donors (Lipinski definition) is 1. The number of benzene rings is 1. The van der Waals surface area contributed by atoms with Gasteiger partial charge in [-0.1, -0.05) is 12.1 Å². The van der Waals surface area contributed by atoms with Crippen LogP contribution < -0.4 is 0 Å². The molecule has 9 heteroatoms. The molecule has 0 radical (unpaired) electrons. The van der Waals surface area contributed by atoms with E-state index in [0.717, 1.165) is 8.87 Å². The van der Waals surface area contributed by atoms with Crippen LogP contribution in [0.5, 0.6) is 0 Å². The summed E-state index contributed by atoms with van der Waals surface area (Å²) in [6.45, 7) is 0.0220. The summed E-state index contributed by atoms with van der Waals surface area (Å²) >= 11 is 0. The van der Waals surface area contributed by atoms with E-state index < -0.39 is 16.1 Å². The van der Waals surface area contributed by atoms with Crippen molar-refractivity contribution < 1.29 is 18.3 Å². The van der Waals surface area contributed by atoms with Gasteiger partial charge in [-0.25, -0.2) is 17.2 Å². The number of pyridine rings is 1. The minimum absolute atomic E-state index is 0.0126. The Kier molecular flexibility index (Phi) is 5.15. The van der Waals surface area contributed by atoms with E-state index >= 15 is 0 Å². The standard InChI is InChI=1S/C19H16N4O4S/c1-22(19(24)25)12-15-9-18(16-6-4-14(10-20)5-7-16)23(13-15)28(26,27)17-3-2-8-21-11-17/h2-9,11,13H,12H2,1H3,(H,24,25). The first-order chi connectivity index (χ1) is 13.3. The Morgan fingerprint density at radius 2 is 2.00 bits per heavy atom. The molecule has 142 valence electrons. The topological polar surface area (TPSA) is 116 Å². The monoisotopic (exact) mass is 396 g/mol. The number of nitriles is 1. The zero-order chi connectivity index (χ0) is 20.3. The molecule has 0 atom stereocenters. The zero-order valence-electron chi connectivity index (χ0n) is 14.8. The van der Waals surface area contributed by atoms with Crippen molar-refractivity contribution in [2.75, 3.05) is 7.05 Å². The Hall–Kier alpha value is -3.64. The predicted octanol–water partition coefficient (Wildman–Crippen LogP) is 2.77. The lowest BCUT2D eigenvalue weighted by Gasteiger charge is -2.11. The highest BCUT2D eigenvalue weighted by Gasteiger charge is 2.23. The molecule has 2 heterocycles. The number of rotatable bonds is 5. The van der Waals surface area contributed by atoms with Crippen LogP contribution in [0.2, 0.25) is 0 Å². The molecule has 1 aromatic carbocycles. The van der Waals surface area contributed by atoms with Gasteiger partial charge < -0.3 is 10.0 Å². The highest BCUT2D eigenvalue weighted by atomic mass is 32.2. The first-order valence-electron chi connectivity index (χ1n) is 8.14. The molecule has 8 nitrogen and oxygen atoms in total. The van der Waals surface area contributed by atoms with E-state index in [4.69, 9.17) is 10.4 Å². The maximum Gasteiger partial charge on any atom is 0.407 e. The van der Waals surface area contributed by atoms with Gasteiger partial charge in [0.15, 0.2) is 0 Å². The summed E-state index contributed by atoms with van der Waals surface area (Å²) in [4.78, 5) is 16.0. The second kappa shape index (κ2) is 7.54. The van der Waals surface area contributed by atoms with Crippen molar-refractivity contribution in [2.24, 2.45) is 0 Å². The van der Waals surface area contributed by atoms with Gasteiger partial charge in [-0.05, 0) is 41.5 Å². The van der Waals surface area contributed by atoms with Crippen molar-refractivity contribution in [1.82, 2.24) is 13.9 Å². The van der Waals surface area contributed by atoms with Gasteiger partial charge in [-0.2, -0.15) is 5.26 Å². The summed E-state index contributed by atoms with van der Waals surface area (Å²) in [6.07, 6.45) is 3.00. The molecule has 0 saturated heterocycles. The van der Waals surface area contributed by atoms with E-state index in [1.807, 2.05) is 6.07 Å². The van der Waals surface area contributed by atoms with Gasteiger partial charge in [0.25, 0.3) is 10.0 Å². The highest BCUT2D eigenvalue weighted by molar-refractivity contribution is 7.90. The molecule has 0 unspecified atom stereocenters. The van der Waals surface area contributed by atoms with Gasteiger partial charge in [0.2, 0.25) is 0 Å². The molecule has 3 rings (SSSR count). The molecular formula is C19H16N4O4S. The molecule has 0 spiro atoms. The van der Waals surface area contributed by atoms with Crippen LogP contribution in [-0.2, 0) is 16.6 Å². The third-order valence-electron chi connectivity index (χ3n) is 4.09. The van der Waals surface area contributed by atoms with E-state index in [1.54, 1.807) is 30.3 Å². The Labute approximate surface area is 162 Å². The van der Waals surface area contributed by atoms with Crippen LogP contribution in [0.3, 0.4) is 0 Å². The first kappa shape index (κ1) is 19.1. The fourth-order valence-corrected chi connectivity index (χ4v) is 4.03. The summed E-state index contributed by atoms with van der Waals surface area (Å²) in [5.74, 6) is 0. The number of carbonyl (C=O) groups is 1. The SMILES string of the molecule is CN(Cc1cc(-c2ccc(C#N)cc2)n(S(=O)(=O)c2cccnc2)c1)C(=O)O. The van der Waals surface area contributed by atoms with Crippen LogP contribution in [0.1, 0.15) is 11.1 Å². The molecule has 3 aromatic rings. The van der Waals surface area contributed by atoms with Crippen molar-refractivity contribution in [2.45, 2.75) is 11.4 Å². The van der Waals surface area contributed by atoms with Crippen LogP contribution in [0.4, 0.5) is 4.79 Å². The number of amides is 1. The summed E-state index contributed by atoms with van der Waals surface area (Å²) in [5, 5.41) is 18.1. The fourth-order valence-electron chi connectivity index (χ4n) is 2.66. The molecule has 2 aromatic heterocycles. The predicted molar refractivity (Wildman–Crippen MR) is 101 cm³/mol. The largest absolute Gasteiger partial charge is 0.465 e. The zero-order valence-corrected chi connectivity index (χ0v) is 15.7. The Balaban J connectivity index is 2.15. The van der Waals surface area contributed by atoms with Crippen LogP contribution in [0.25, 0.3) is 11.3 Å². The molecule has 1 amide bonds. The highest BCUT2D eigenvalue weighted by Crippen LogP contribution is 2.27. The lowest BCUT2D eigenvalue weighted by atomic mass is 10.1. The van der Waals surface area contributed by atoms with Crippen molar-refractivity contribution in [3.63, 3.8) is 0 Å². The van der Waals surface area contributed by atoms with Crippen LogP contribution in [0.15, 0.2) is 66.0 Å². The minimum Gasteiger partial charge on any atom is -0.465 e. The summed E-state index contributed by atoms with van der Waals surface area (Å²) in [5.41, 5.74) is 1.90. The van der Waals surface area contributed by atoms with Gasteiger partial charge in [0.1, 0.15) is 4.90 Å². The van der Waals surface area contributed by atoms with E-state index in [-0.39, 0.29) is 11.4 Å². The van der Waals surface area contributed by atoms with Crippen LogP contribution >= 0.6 is 0 Å². The lowest BCUT2D eigenvalue weighted by Crippen LogP contribution is -2.23. The molecule has 1 N–H and O–H groups in total. The molecule has 0 aliphatic carbocycles. The van der Waals surface area contributed by atoms with Gasteiger partial charge in [-0.3, -0.25) is 4.98 Å². The molecule has 28 heavy (non-hydrogen) atoms. The second-order valence-electron chi connectivity index (χ2n) is 6.05. The third kappa shape index (κ3) is 3.72. The van der Waals surface area contributed by atoms with Gasteiger partial charge >= 0.3 is 6.09 Å². The van der Waals surface area contributed by atoms with Crippen molar-refractivity contribution in [1.29, 1.82) is 5.26 Å². The van der Waals surface area contributed by atoms with Crippen molar-refractivity contribution in [3.8, 4) is 17.3 Å². The van der Waals surface area contributed by atoms with E-state index in [1.165, 1.54) is 37.8 Å². The molecule has 0 aliphatic rings. The second-order valence-corrected chi connectivity index (χ2v) is 7.87. The minimum atomic E-state index is -3.95. The molecule has 0 aliphatic heterocycles.